The molecule has 1 amide bonds. The van der Waals surface area contributed by atoms with Gasteiger partial charge in [0, 0.05) is 7.11 Å². The van der Waals surface area contributed by atoms with Crippen LogP contribution < -0.4 is 10.1 Å². The summed E-state index contributed by atoms with van der Waals surface area (Å²) in [7, 11) is 2.74. The molecule has 0 spiro atoms. The summed E-state index contributed by atoms with van der Waals surface area (Å²) < 4.78 is 9.68. The average molecular weight is 259 g/mol. The molecule has 1 atom stereocenters. The molecular formula is C10H13NO5S. The Bertz CT molecular complexity index is 403. The molecular weight excluding hydrogens is 246 g/mol. The number of aliphatic carboxylic acids is 1. The molecule has 7 heteroatoms. The summed E-state index contributed by atoms with van der Waals surface area (Å²) in [4.78, 5) is 22.8. The van der Waals surface area contributed by atoms with Crippen LogP contribution in [0.3, 0.4) is 0 Å². The summed E-state index contributed by atoms with van der Waals surface area (Å²) in [5.74, 6) is -1.03. The van der Waals surface area contributed by atoms with Crippen molar-refractivity contribution >= 4 is 23.2 Å². The Morgan fingerprint density at radius 1 is 1.53 bits per heavy atom. The van der Waals surface area contributed by atoms with Gasteiger partial charge in [-0.05, 0) is 11.4 Å². The number of amides is 1. The molecule has 0 fully saturated rings. The zero-order chi connectivity index (χ0) is 12.8. The number of rotatable bonds is 6. The van der Waals surface area contributed by atoms with Crippen molar-refractivity contribution in [2.24, 2.45) is 0 Å². The number of hydrogen-bond acceptors (Lipinski definition) is 5. The average Bonchev–Trinajstić information content (AvgIpc) is 2.77. The molecule has 1 aromatic heterocycles. The van der Waals surface area contributed by atoms with Gasteiger partial charge in [-0.25, -0.2) is 4.79 Å². The maximum absolute atomic E-state index is 11.7. The summed E-state index contributed by atoms with van der Waals surface area (Å²) in [5.41, 5.74) is 0. The van der Waals surface area contributed by atoms with E-state index in [1.54, 1.807) is 11.4 Å². The largest absolute Gasteiger partial charge is 0.495 e. The van der Waals surface area contributed by atoms with Crippen LogP contribution in [0.15, 0.2) is 11.4 Å². The predicted molar refractivity (Wildman–Crippen MR) is 61.6 cm³/mol. The van der Waals surface area contributed by atoms with Crippen LogP contribution >= 0.6 is 11.3 Å². The Morgan fingerprint density at radius 3 is 2.76 bits per heavy atom. The molecule has 0 aliphatic rings. The van der Waals surface area contributed by atoms with E-state index in [4.69, 9.17) is 14.6 Å². The Labute approximate surface area is 102 Å². The van der Waals surface area contributed by atoms with Gasteiger partial charge in [0.1, 0.15) is 10.6 Å². The molecule has 2 N–H and O–H groups in total. The van der Waals surface area contributed by atoms with Gasteiger partial charge in [-0.2, -0.15) is 0 Å². The fraction of sp³-hybridized carbons (Fsp3) is 0.400. The van der Waals surface area contributed by atoms with E-state index in [0.29, 0.717) is 10.6 Å². The van der Waals surface area contributed by atoms with Gasteiger partial charge in [-0.1, -0.05) is 0 Å². The first-order chi connectivity index (χ1) is 8.10. The molecule has 0 radical (unpaired) electrons. The zero-order valence-corrected chi connectivity index (χ0v) is 10.2. The van der Waals surface area contributed by atoms with Crippen molar-refractivity contribution in [3.63, 3.8) is 0 Å². The van der Waals surface area contributed by atoms with E-state index in [9.17, 15) is 9.59 Å². The number of carbonyl (C=O) groups excluding carboxylic acids is 1. The third kappa shape index (κ3) is 3.43. The smallest absolute Gasteiger partial charge is 0.334 e. The molecule has 1 unspecified atom stereocenters. The monoisotopic (exact) mass is 259 g/mol. The minimum Gasteiger partial charge on any atom is -0.495 e. The van der Waals surface area contributed by atoms with Crippen molar-refractivity contribution in [2.75, 3.05) is 20.8 Å². The number of nitrogens with one attached hydrogen (secondary N) is 1. The molecule has 0 aliphatic carbocycles. The molecule has 17 heavy (non-hydrogen) atoms. The van der Waals surface area contributed by atoms with Crippen LogP contribution in [-0.4, -0.2) is 43.9 Å². The van der Waals surface area contributed by atoms with E-state index in [0.717, 1.165) is 0 Å². The van der Waals surface area contributed by atoms with Gasteiger partial charge in [0.25, 0.3) is 5.91 Å². The van der Waals surface area contributed by atoms with Crippen molar-refractivity contribution in [1.82, 2.24) is 5.32 Å². The van der Waals surface area contributed by atoms with E-state index >= 15 is 0 Å². The summed E-state index contributed by atoms with van der Waals surface area (Å²) in [6.45, 7) is -0.0915. The summed E-state index contributed by atoms with van der Waals surface area (Å²) in [6, 6.07) is 1.67. The minimum atomic E-state index is -1.12. The molecule has 0 aromatic carbocycles. The molecule has 6 nitrogen and oxygen atoms in total. The van der Waals surface area contributed by atoms with Gasteiger partial charge >= 0.3 is 5.97 Å². The molecule has 1 aromatic rings. The summed E-state index contributed by atoms with van der Waals surface area (Å²) >= 11 is 1.22. The number of thiophene rings is 1. The van der Waals surface area contributed by atoms with Gasteiger partial charge in [0.2, 0.25) is 0 Å². The topological polar surface area (TPSA) is 84.9 Å². The molecule has 0 saturated carbocycles. The highest BCUT2D eigenvalue weighted by Gasteiger charge is 2.19. The minimum absolute atomic E-state index is 0.0915. The van der Waals surface area contributed by atoms with E-state index in [2.05, 4.69) is 5.32 Å². The normalized spacial score (nSPS) is 11.9. The van der Waals surface area contributed by atoms with E-state index in [1.807, 2.05) is 0 Å². The maximum atomic E-state index is 11.7. The standard InChI is InChI=1S/C10H13NO5S/c1-15-6-3-4-17-8(6)9(12)11-5-7(16-2)10(13)14/h3-4,7H,5H2,1-2H3,(H,11,12)(H,13,14). The number of carbonyl (C=O) groups is 2. The van der Waals surface area contributed by atoms with Crippen LogP contribution in [0.5, 0.6) is 5.75 Å². The lowest BCUT2D eigenvalue weighted by atomic mass is 10.3. The fourth-order valence-electron chi connectivity index (χ4n) is 1.16. The van der Waals surface area contributed by atoms with E-state index in [-0.39, 0.29) is 12.5 Å². The van der Waals surface area contributed by atoms with Crippen molar-refractivity contribution in [3.8, 4) is 5.75 Å². The number of hydrogen-bond donors (Lipinski definition) is 2. The summed E-state index contributed by atoms with van der Waals surface area (Å²) in [5, 5.41) is 12.9. The highest BCUT2D eigenvalue weighted by Crippen LogP contribution is 2.23. The lowest BCUT2D eigenvalue weighted by Gasteiger charge is -2.11. The molecule has 0 aliphatic heterocycles. The Hall–Kier alpha value is -1.60. The number of carboxylic acids is 1. The Balaban J connectivity index is 2.58. The van der Waals surface area contributed by atoms with E-state index < -0.39 is 12.1 Å². The second-order valence-electron chi connectivity index (χ2n) is 3.09. The van der Waals surface area contributed by atoms with Crippen LogP contribution in [0.1, 0.15) is 9.67 Å². The molecule has 0 bridgehead atoms. The Kier molecular flexibility index (Phi) is 4.92. The first kappa shape index (κ1) is 13.5. The zero-order valence-electron chi connectivity index (χ0n) is 9.43. The maximum Gasteiger partial charge on any atom is 0.334 e. The summed E-state index contributed by atoms with van der Waals surface area (Å²) in [6.07, 6.45) is -1.05. The van der Waals surface area contributed by atoms with Crippen LogP contribution in [0.2, 0.25) is 0 Å². The Morgan fingerprint density at radius 2 is 2.24 bits per heavy atom. The molecule has 1 heterocycles. The number of methoxy groups -OCH3 is 2. The molecule has 1 rings (SSSR count). The van der Waals surface area contributed by atoms with Crippen molar-refractivity contribution in [2.45, 2.75) is 6.10 Å². The first-order valence-electron chi connectivity index (χ1n) is 4.75. The SMILES string of the molecule is COc1ccsc1C(=O)NCC(OC)C(=O)O. The van der Waals surface area contributed by atoms with Crippen LogP contribution in [0, 0.1) is 0 Å². The van der Waals surface area contributed by atoms with Crippen LogP contribution in [-0.2, 0) is 9.53 Å². The van der Waals surface area contributed by atoms with Crippen LogP contribution in [0.25, 0.3) is 0 Å². The van der Waals surface area contributed by atoms with Crippen molar-refractivity contribution in [1.29, 1.82) is 0 Å². The lowest BCUT2D eigenvalue weighted by Crippen LogP contribution is -2.37. The lowest BCUT2D eigenvalue weighted by molar-refractivity contribution is -0.147. The third-order valence-electron chi connectivity index (χ3n) is 2.06. The highest BCUT2D eigenvalue weighted by atomic mass is 32.1. The van der Waals surface area contributed by atoms with Gasteiger partial charge in [-0.15, -0.1) is 11.3 Å². The fourth-order valence-corrected chi connectivity index (χ4v) is 1.94. The first-order valence-corrected chi connectivity index (χ1v) is 5.63. The second-order valence-corrected chi connectivity index (χ2v) is 4.01. The van der Waals surface area contributed by atoms with Crippen molar-refractivity contribution in [3.05, 3.63) is 16.3 Å². The highest BCUT2D eigenvalue weighted by molar-refractivity contribution is 7.12. The van der Waals surface area contributed by atoms with E-state index in [1.165, 1.54) is 25.6 Å². The predicted octanol–water partition coefficient (Wildman–Crippen LogP) is 0.586. The van der Waals surface area contributed by atoms with Gasteiger partial charge in [0.15, 0.2) is 6.10 Å². The molecule has 94 valence electrons. The quantitative estimate of drug-likeness (QED) is 0.781. The van der Waals surface area contributed by atoms with Gasteiger partial charge in [-0.3, -0.25) is 4.79 Å². The third-order valence-corrected chi connectivity index (χ3v) is 2.96. The van der Waals surface area contributed by atoms with Gasteiger partial charge in [0.05, 0.1) is 13.7 Å². The van der Waals surface area contributed by atoms with Crippen molar-refractivity contribution < 1.29 is 24.2 Å². The number of ether oxygens (including phenoxy) is 2. The van der Waals surface area contributed by atoms with Crippen LogP contribution in [0.4, 0.5) is 0 Å². The second kappa shape index (κ2) is 6.21. The van der Waals surface area contributed by atoms with Gasteiger partial charge < -0.3 is 19.9 Å². The number of carboxylic acid groups (broad SMARTS) is 1. The molecule has 0 saturated heterocycles.